The van der Waals surface area contributed by atoms with Gasteiger partial charge in [-0.25, -0.2) is 4.98 Å². The minimum absolute atomic E-state index is 0.378. The van der Waals surface area contributed by atoms with Gasteiger partial charge in [-0.15, -0.1) is 0 Å². The molecular formula is C22H18Cl2N2O. The lowest BCUT2D eigenvalue weighted by atomic mass is 10.2. The van der Waals surface area contributed by atoms with E-state index in [4.69, 9.17) is 32.9 Å². The zero-order valence-corrected chi connectivity index (χ0v) is 16.3. The summed E-state index contributed by atoms with van der Waals surface area (Å²) in [6.45, 7) is 3.02. The summed E-state index contributed by atoms with van der Waals surface area (Å²) in [4.78, 5) is 4.76. The second-order valence-electron chi connectivity index (χ2n) is 6.44. The van der Waals surface area contributed by atoms with E-state index in [9.17, 15) is 0 Å². The van der Waals surface area contributed by atoms with Crippen molar-refractivity contribution in [1.29, 1.82) is 0 Å². The van der Waals surface area contributed by atoms with Crippen molar-refractivity contribution in [2.24, 2.45) is 0 Å². The highest BCUT2D eigenvalue weighted by Gasteiger charge is 2.13. The Bertz CT molecular complexity index is 1100. The van der Waals surface area contributed by atoms with Crippen LogP contribution in [0.5, 0.6) is 5.75 Å². The molecular weight excluding hydrogens is 379 g/mol. The number of fused-ring (bicyclic) bond motifs is 1. The van der Waals surface area contributed by atoms with Crippen LogP contribution in [-0.2, 0) is 13.2 Å². The molecule has 0 unspecified atom stereocenters. The van der Waals surface area contributed by atoms with Gasteiger partial charge in [0.15, 0.2) is 0 Å². The first kappa shape index (κ1) is 17.9. The molecule has 27 heavy (non-hydrogen) atoms. The number of halogens is 2. The predicted octanol–water partition coefficient (Wildman–Crippen LogP) is 6.28. The standard InChI is InChI=1S/C22H18Cl2N2O/c1-15-5-4-6-18(11-15)27-14-22-25-20-7-2-3-8-21(20)26(22)13-16-9-10-17(23)12-19(16)24/h2-12H,13-14H2,1H3. The zero-order valence-electron chi connectivity index (χ0n) is 14.8. The summed E-state index contributed by atoms with van der Waals surface area (Å²) in [6.07, 6.45) is 0. The van der Waals surface area contributed by atoms with E-state index >= 15 is 0 Å². The fraction of sp³-hybridized carbons (Fsp3) is 0.136. The minimum Gasteiger partial charge on any atom is -0.486 e. The van der Waals surface area contributed by atoms with Gasteiger partial charge in [0.05, 0.1) is 17.6 Å². The van der Waals surface area contributed by atoms with E-state index < -0.39 is 0 Å². The van der Waals surface area contributed by atoms with Crippen LogP contribution in [0.2, 0.25) is 10.0 Å². The molecule has 3 aromatic carbocycles. The van der Waals surface area contributed by atoms with Crippen molar-refractivity contribution in [1.82, 2.24) is 9.55 Å². The normalized spacial score (nSPS) is 11.1. The molecule has 5 heteroatoms. The van der Waals surface area contributed by atoms with Crippen LogP contribution in [0.3, 0.4) is 0 Å². The van der Waals surface area contributed by atoms with Gasteiger partial charge in [-0.05, 0) is 54.4 Å². The average Bonchev–Trinajstić information content (AvgIpc) is 3.00. The van der Waals surface area contributed by atoms with Gasteiger partial charge in [-0.3, -0.25) is 0 Å². The molecule has 0 fully saturated rings. The van der Waals surface area contributed by atoms with Crippen LogP contribution in [0.1, 0.15) is 17.0 Å². The van der Waals surface area contributed by atoms with Gasteiger partial charge in [0.2, 0.25) is 0 Å². The summed E-state index contributed by atoms with van der Waals surface area (Å²) in [5, 5.41) is 1.27. The van der Waals surface area contributed by atoms with Crippen molar-refractivity contribution in [3.8, 4) is 5.75 Å². The highest BCUT2D eigenvalue weighted by atomic mass is 35.5. The maximum absolute atomic E-state index is 6.39. The summed E-state index contributed by atoms with van der Waals surface area (Å²) in [5.74, 6) is 1.68. The van der Waals surface area contributed by atoms with E-state index in [0.717, 1.165) is 33.7 Å². The fourth-order valence-electron chi connectivity index (χ4n) is 3.09. The van der Waals surface area contributed by atoms with Gasteiger partial charge in [-0.1, -0.05) is 53.5 Å². The maximum atomic E-state index is 6.39. The Morgan fingerprint density at radius 2 is 1.81 bits per heavy atom. The molecule has 0 aliphatic heterocycles. The molecule has 1 aromatic heterocycles. The minimum atomic E-state index is 0.378. The van der Waals surface area contributed by atoms with Crippen LogP contribution in [0, 0.1) is 6.92 Å². The Morgan fingerprint density at radius 1 is 0.963 bits per heavy atom. The molecule has 0 saturated heterocycles. The molecule has 0 radical (unpaired) electrons. The molecule has 4 rings (SSSR count). The first-order valence-corrected chi connectivity index (χ1v) is 9.43. The molecule has 3 nitrogen and oxygen atoms in total. The van der Waals surface area contributed by atoms with Crippen LogP contribution >= 0.6 is 23.2 Å². The van der Waals surface area contributed by atoms with E-state index in [1.807, 2.05) is 61.5 Å². The molecule has 0 N–H and O–H groups in total. The third-order valence-electron chi connectivity index (χ3n) is 4.43. The Morgan fingerprint density at radius 3 is 2.63 bits per heavy atom. The molecule has 0 aliphatic carbocycles. The van der Waals surface area contributed by atoms with Gasteiger partial charge in [-0.2, -0.15) is 0 Å². The molecule has 0 spiro atoms. The summed E-state index contributed by atoms with van der Waals surface area (Å²) in [6, 6.07) is 21.6. The number of hydrogen-bond acceptors (Lipinski definition) is 2. The van der Waals surface area contributed by atoms with Crippen LogP contribution in [0.15, 0.2) is 66.7 Å². The van der Waals surface area contributed by atoms with Gasteiger partial charge < -0.3 is 9.30 Å². The van der Waals surface area contributed by atoms with Gasteiger partial charge >= 0.3 is 0 Å². The Kier molecular flexibility index (Phi) is 5.06. The van der Waals surface area contributed by atoms with Crippen LogP contribution in [0.25, 0.3) is 11.0 Å². The molecule has 0 atom stereocenters. The molecule has 136 valence electrons. The van der Waals surface area contributed by atoms with Gasteiger partial charge in [0.1, 0.15) is 18.2 Å². The highest BCUT2D eigenvalue weighted by molar-refractivity contribution is 6.35. The molecule has 0 saturated carbocycles. The lowest BCUT2D eigenvalue weighted by molar-refractivity contribution is 0.291. The molecule has 0 amide bonds. The van der Waals surface area contributed by atoms with Crippen LogP contribution < -0.4 is 4.74 Å². The lowest BCUT2D eigenvalue weighted by Gasteiger charge is -2.12. The van der Waals surface area contributed by atoms with E-state index in [2.05, 4.69) is 10.6 Å². The van der Waals surface area contributed by atoms with Crippen molar-refractivity contribution >= 4 is 34.2 Å². The fourth-order valence-corrected chi connectivity index (χ4v) is 3.55. The lowest BCUT2D eigenvalue weighted by Crippen LogP contribution is -2.09. The Labute approximate surface area is 168 Å². The monoisotopic (exact) mass is 396 g/mol. The average molecular weight is 397 g/mol. The summed E-state index contributed by atoms with van der Waals surface area (Å²) in [7, 11) is 0. The summed E-state index contributed by atoms with van der Waals surface area (Å²) in [5.41, 5.74) is 4.13. The molecule has 1 heterocycles. The van der Waals surface area contributed by atoms with Crippen LogP contribution in [-0.4, -0.2) is 9.55 Å². The number of aryl methyl sites for hydroxylation is 1. The number of imidazole rings is 1. The van der Waals surface area contributed by atoms with Crippen molar-refractivity contribution in [2.75, 3.05) is 0 Å². The zero-order chi connectivity index (χ0) is 18.8. The van der Waals surface area contributed by atoms with E-state index in [0.29, 0.717) is 23.2 Å². The SMILES string of the molecule is Cc1cccc(OCc2nc3ccccc3n2Cc2ccc(Cl)cc2Cl)c1. The Balaban J connectivity index is 1.68. The van der Waals surface area contributed by atoms with Gasteiger partial charge in [0.25, 0.3) is 0 Å². The Hall–Kier alpha value is -2.49. The quantitative estimate of drug-likeness (QED) is 0.396. The summed E-state index contributed by atoms with van der Waals surface area (Å²) < 4.78 is 8.13. The number of aromatic nitrogens is 2. The molecule has 0 bridgehead atoms. The van der Waals surface area contributed by atoms with E-state index in [1.54, 1.807) is 6.07 Å². The van der Waals surface area contributed by atoms with Gasteiger partial charge in [0, 0.05) is 10.0 Å². The molecule has 4 aromatic rings. The van der Waals surface area contributed by atoms with E-state index in [1.165, 1.54) is 0 Å². The third kappa shape index (κ3) is 3.95. The number of hydrogen-bond donors (Lipinski definition) is 0. The van der Waals surface area contributed by atoms with Crippen molar-refractivity contribution in [3.05, 3.63) is 93.7 Å². The topological polar surface area (TPSA) is 27.1 Å². The van der Waals surface area contributed by atoms with Crippen molar-refractivity contribution < 1.29 is 4.74 Å². The second-order valence-corrected chi connectivity index (χ2v) is 7.29. The second kappa shape index (κ2) is 7.63. The van der Waals surface area contributed by atoms with E-state index in [-0.39, 0.29) is 0 Å². The number of nitrogens with zero attached hydrogens (tertiary/aromatic N) is 2. The highest BCUT2D eigenvalue weighted by Crippen LogP contribution is 2.25. The molecule has 0 aliphatic rings. The first-order valence-electron chi connectivity index (χ1n) is 8.68. The number of para-hydroxylation sites is 2. The van der Waals surface area contributed by atoms with Crippen molar-refractivity contribution in [3.63, 3.8) is 0 Å². The largest absolute Gasteiger partial charge is 0.486 e. The third-order valence-corrected chi connectivity index (χ3v) is 5.02. The first-order chi connectivity index (χ1) is 13.1. The summed E-state index contributed by atoms with van der Waals surface area (Å²) >= 11 is 12.4. The number of ether oxygens (including phenoxy) is 1. The number of benzene rings is 3. The van der Waals surface area contributed by atoms with Crippen LogP contribution in [0.4, 0.5) is 0 Å². The predicted molar refractivity (Wildman–Crippen MR) is 111 cm³/mol. The van der Waals surface area contributed by atoms with Crippen molar-refractivity contribution in [2.45, 2.75) is 20.1 Å². The smallest absolute Gasteiger partial charge is 0.148 e. The maximum Gasteiger partial charge on any atom is 0.148 e. The number of rotatable bonds is 5.